The summed E-state index contributed by atoms with van der Waals surface area (Å²) in [6.45, 7) is 2.59. The minimum atomic E-state index is -0.344. The van der Waals surface area contributed by atoms with Crippen molar-refractivity contribution in [1.82, 2.24) is 5.32 Å². The standard InChI is InChI=1S/C6H14AsN/c1-7(2)6-3-4-8-5-6/h6,8H,3-5H2,1-2H3. The number of hydrogen-bond donors (Lipinski definition) is 1. The van der Waals surface area contributed by atoms with Crippen molar-refractivity contribution < 1.29 is 0 Å². The van der Waals surface area contributed by atoms with Crippen molar-refractivity contribution in [3.63, 3.8) is 0 Å². The summed E-state index contributed by atoms with van der Waals surface area (Å²) in [6, 6.07) is 0. The first kappa shape index (κ1) is 6.64. The summed E-state index contributed by atoms with van der Waals surface area (Å²) >= 11 is -0.344. The van der Waals surface area contributed by atoms with Gasteiger partial charge in [0.1, 0.15) is 0 Å². The quantitative estimate of drug-likeness (QED) is 0.588. The molecule has 0 aromatic rings. The van der Waals surface area contributed by atoms with Crippen LogP contribution in [0.25, 0.3) is 0 Å². The van der Waals surface area contributed by atoms with Gasteiger partial charge in [0, 0.05) is 0 Å². The van der Waals surface area contributed by atoms with Gasteiger partial charge in [0.15, 0.2) is 0 Å². The fourth-order valence-corrected chi connectivity index (χ4v) is 3.47. The third-order valence-corrected chi connectivity index (χ3v) is 5.75. The molecule has 1 aliphatic heterocycles. The molecule has 1 unspecified atom stereocenters. The predicted molar refractivity (Wildman–Crippen MR) is 38.7 cm³/mol. The first-order chi connectivity index (χ1) is 3.80. The van der Waals surface area contributed by atoms with Crippen molar-refractivity contribution >= 4 is 14.7 Å². The summed E-state index contributed by atoms with van der Waals surface area (Å²) in [5, 5.41) is 3.39. The molecule has 1 atom stereocenters. The molecule has 1 saturated heterocycles. The molecule has 1 fully saturated rings. The Labute approximate surface area is 56.1 Å². The number of rotatable bonds is 1. The molecule has 0 aromatic heterocycles. The molecule has 1 nitrogen and oxygen atoms in total. The molecule has 0 spiro atoms. The van der Waals surface area contributed by atoms with Gasteiger partial charge in [0.2, 0.25) is 0 Å². The molecule has 0 aromatic carbocycles. The molecule has 0 radical (unpaired) electrons. The fraction of sp³-hybridized carbons (Fsp3) is 1.00. The molecular formula is C6H14AsN. The third kappa shape index (κ3) is 1.50. The second kappa shape index (κ2) is 2.89. The minimum absolute atomic E-state index is 0.344. The third-order valence-electron chi connectivity index (χ3n) is 1.76. The van der Waals surface area contributed by atoms with Crippen LogP contribution in [0.1, 0.15) is 6.42 Å². The zero-order valence-corrected chi connectivity index (χ0v) is 7.52. The zero-order valence-electron chi connectivity index (χ0n) is 5.65. The molecule has 2 heteroatoms. The predicted octanol–water partition coefficient (Wildman–Crippen LogP) is 1.10. The van der Waals surface area contributed by atoms with Crippen LogP contribution in [-0.4, -0.2) is 27.7 Å². The van der Waals surface area contributed by atoms with Crippen LogP contribution < -0.4 is 5.32 Å². The van der Waals surface area contributed by atoms with E-state index in [1.165, 1.54) is 19.5 Å². The van der Waals surface area contributed by atoms with Crippen LogP contribution in [0.2, 0.25) is 16.1 Å². The van der Waals surface area contributed by atoms with E-state index in [1.807, 2.05) is 0 Å². The average Bonchev–Trinajstić information content (AvgIpc) is 2.12. The van der Waals surface area contributed by atoms with Crippen LogP contribution in [0.4, 0.5) is 0 Å². The Morgan fingerprint density at radius 2 is 2.25 bits per heavy atom. The summed E-state index contributed by atoms with van der Waals surface area (Å²) in [5.41, 5.74) is 4.90. The molecule has 1 heterocycles. The van der Waals surface area contributed by atoms with E-state index in [2.05, 4.69) is 16.7 Å². The van der Waals surface area contributed by atoms with E-state index >= 15 is 0 Å². The fourth-order valence-electron chi connectivity index (χ4n) is 1.08. The Morgan fingerprint density at radius 1 is 1.50 bits per heavy atom. The van der Waals surface area contributed by atoms with Crippen molar-refractivity contribution in [1.29, 1.82) is 0 Å². The summed E-state index contributed by atoms with van der Waals surface area (Å²) < 4.78 is 1.10. The van der Waals surface area contributed by atoms with Crippen LogP contribution in [0, 0.1) is 0 Å². The van der Waals surface area contributed by atoms with E-state index in [0.717, 1.165) is 4.71 Å². The second-order valence-electron chi connectivity index (χ2n) is 2.61. The van der Waals surface area contributed by atoms with Gasteiger partial charge in [0.05, 0.1) is 0 Å². The van der Waals surface area contributed by atoms with E-state index in [9.17, 15) is 0 Å². The Balaban J connectivity index is 2.24. The van der Waals surface area contributed by atoms with Crippen molar-refractivity contribution in [2.24, 2.45) is 0 Å². The van der Waals surface area contributed by atoms with Gasteiger partial charge in [-0.15, -0.1) is 0 Å². The topological polar surface area (TPSA) is 12.0 Å². The molecule has 8 heavy (non-hydrogen) atoms. The molecule has 48 valence electrons. The van der Waals surface area contributed by atoms with Crippen LogP contribution in [0.3, 0.4) is 0 Å². The zero-order chi connectivity index (χ0) is 5.98. The monoisotopic (exact) mass is 175 g/mol. The Hall–Kier alpha value is 0.518. The molecule has 1 aliphatic rings. The van der Waals surface area contributed by atoms with Gasteiger partial charge in [0.25, 0.3) is 0 Å². The first-order valence-electron chi connectivity index (χ1n) is 3.18. The summed E-state index contributed by atoms with van der Waals surface area (Å²) in [5.74, 6) is 0. The van der Waals surface area contributed by atoms with Crippen LogP contribution in [0.15, 0.2) is 0 Å². The normalized spacial score (nSPS) is 29.6. The van der Waals surface area contributed by atoms with Gasteiger partial charge in [-0.3, -0.25) is 0 Å². The summed E-state index contributed by atoms with van der Waals surface area (Å²) in [7, 11) is 0. The van der Waals surface area contributed by atoms with E-state index in [4.69, 9.17) is 0 Å². The molecular weight excluding hydrogens is 161 g/mol. The van der Waals surface area contributed by atoms with Gasteiger partial charge in [-0.2, -0.15) is 0 Å². The van der Waals surface area contributed by atoms with E-state index < -0.39 is 0 Å². The van der Waals surface area contributed by atoms with Crippen molar-refractivity contribution in [3.05, 3.63) is 0 Å². The first-order valence-corrected chi connectivity index (χ1v) is 8.01. The van der Waals surface area contributed by atoms with Crippen LogP contribution in [-0.2, 0) is 0 Å². The van der Waals surface area contributed by atoms with Gasteiger partial charge in [-0.1, -0.05) is 0 Å². The Morgan fingerprint density at radius 3 is 2.50 bits per heavy atom. The number of nitrogens with one attached hydrogen (secondary N) is 1. The van der Waals surface area contributed by atoms with E-state index in [0.29, 0.717) is 0 Å². The second-order valence-corrected chi connectivity index (χ2v) is 8.19. The summed E-state index contributed by atoms with van der Waals surface area (Å²) in [6.07, 6.45) is 1.45. The van der Waals surface area contributed by atoms with Crippen molar-refractivity contribution in [2.75, 3.05) is 13.1 Å². The number of hydrogen-bond acceptors (Lipinski definition) is 1. The van der Waals surface area contributed by atoms with Crippen LogP contribution >= 0.6 is 0 Å². The molecule has 0 aliphatic carbocycles. The van der Waals surface area contributed by atoms with E-state index in [1.54, 1.807) is 0 Å². The van der Waals surface area contributed by atoms with Crippen molar-refractivity contribution in [2.45, 2.75) is 22.5 Å². The molecule has 0 saturated carbocycles. The van der Waals surface area contributed by atoms with Gasteiger partial charge in [-0.05, 0) is 0 Å². The molecule has 1 rings (SSSR count). The van der Waals surface area contributed by atoms with E-state index in [-0.39, 0.29) is 14.7 Å². The van der Waals surface area contributed by atoms with Gasteiger partial charge >= 0.3 is 55.6 Å². The summed E-state index contributed by atoms with van der Waals surface area (Å²) in [4.78, 5) is 0. The Bertz CT molecular complexity index is 66.9. The van der Waals surface area contributed by atoms with Crippen LogP contribution in [0.5, 0.6) is 0 Å². The average molecular weight is 175 g/mol. The maximum atomic E-state index is 3.39. The SMILES string of the molecule is C[As](C)C1CCNC1. The van der Waals surface area contributed by atoms with Crippen molar-refractivity contribution in [3.8, 4) is 0 Å². The molecule has 1 N–H and O–H groups in total. The maximum absolute atomic E-state index is 3.39. The van der Waals surface area contributed by atoms with Gasteiger partial charge < -0.3 is 0 Å². The molecule has 0 bridgehead atoms. The van der Waals surface area contributed by atoms with Gasteiger partial charge in [-0.25, -0.2) is 0 Å². The Kier molecular flexibility index (Phi) is 2.40. The molecule has 0 amide bonds.